The zero-order valence-electron chi connectivity index (χ0n) is 22.8. The monoisotopic (exact) mass is 581 g/mol. The normalized spacial score (nSPS) is 11.8. The topological polar surface area (TPSA) is 62.9 Å². The number of alkyl halides is 3. The molecule has 0 aliphatic heterocycles. The number of ether oxygens (including phenoxy) is 1. The minimum Gasteiger partial charge on any atom is -0.507 e. The van der Waals surface area contributed by atoms with Gasteiger partial charge >= 0.3 is 6.18 Å². The molecule has 0 spiro atoms. The highest BCUT2D eigenvalue weighted by molar-refractivity contribution is 5.85. The molecule has 0 aliphatic rings. The Morgan fingerprint density at radius 3 is 1.95 bits per heavy atom. The van der Waals surface area contributed by atoms with Crippen molar-refractivity contribution in [3.63, 3.8) is 0 Å². The van der Waals surface area contributed by atoms with Crippen molar-refractivity contribution < 1.29 is 27.4 Å². The minimum atomic E-state index is -5.05. The molecule has 0 saturated heterocycles. The lowest BCUT2D eigenvalue weighted by Gasteiger charge is -2.24. The lowest BCUT2D eigenvalue weighted by Crippen LogP contribution is -2.23. The summed E-state index contributed by atoms with van der Waals surface area (Å²) in [7, 11) is 0. The molecule has 0 amide bonds. The average molecular weight is 582 g/mol. The fourth-order valence-corrected chi connectivity index (χ4v) is 5.14. The molecule has 6 aromatic rings. The summed E-state index contributed by atoms with van der Waals surface area (Å²) in [6.07, 6.45) is -5.05. The van der Waals surface area contributed by atoms with Gasteiger partial charge in [0, 0.05) is 19.6 Å². The molecule has 5 aromatic carbocycles. The standard InChI is InChI=1S/C35H26F3NO4/c36-35(37,38)34-33(42-27-16-15-25-13-7-8-14-26(25)19-27)31(41)28-17-18-30(40)29(32(28)43-34)22-39(20-23-9-3-1-4-10-23)21-24-11-5-2-6-12-24/h1-19,40H,20-22H2. The third-order valence-electron chi connectivity index (χ3n) is 7.18. The molecule has 0 unspecified atom stereocenters. The Kier molecular flexibility index (Phi) is 7.61. The summed E-state index contributed by atoms with van der Waals surface area (Å²) in [4.78, 5) is 15.6. The molecule has 1 aromatic heterocycles. The number of benzene rings is 5. The van der Waals surface area contributed by atoms with Gasteiger partial charge in [-0.3, -0.25) is 9.69 Å². The van der Waals surface area contributed by atoms with Gasteiger partial charge < -0.3 is 14.3 Å². The second kappa shape index (κ2) is 11.7. The number of hydrogen-bond acceptors (Lipinski definition) is 5. The molecular formula is C35H26F3NO4. The molecular weight excluding hydrogens is 555 g/mol. The zero-order valence-corrected chi connectivity index (χ0v) is 22.8. The summed E-state index contributed by atoms with van der Waals surface area (Å²) in [5.41, 5.74) is 0.697. The molecule has 1 heterocycles. The number of halogens is 3. The number of aromatic hydroxyl groups is 1. The predicted molar refractivity (Wildman–Crippen MR) is 159 cm³/mol. The first-order valence-corrected chi connectivity index (χ1v) is 13.6. The van der Waals surface area contributed by atoms with Crippen LogP contribution in [-0.2, 0) is 25.8 Å². The van der Waals surface area contributed by atoms with E-state index >= 15 is 0 Å². The van der Waals surface area contributed by atoms with Crippen molar-refractivity contribution in [2.45, 2.75) is 25.8 Å². The minimum absolute atomic E-state index is 0.0120. The van der Waals surface area contributed by atoms with Crippen molar-refractivity contribution in [3.8, 4) is 17.2 Å². The summed E-state index contributed by atoms with van der Waals surface area (Å²) in [6.45, 7) is 0.883. The number of phenols is 1. The maximum absolute atomic E-state index is 14.4. The Hall–Kier alpha value is -5.08. The quantitative estimate of drug-likeness (QED) is 0.195. The lowest BCUT2D eigenvalue weighted by atomic mass is 10.1. The molecule has 43 heavy (non-hydrogen) atoms. The first-order valence-electron chi connectivity index (χ1n) is 13.6. The Bertz CT molecular complexity index is 1910. The van der Waals surface area contributed by atoms with Gasteiger partial charge in [0.2, 0.25) is 11.2 Å². The summed E-state index contributed by atoms with van der Waals surface area (Å²) in [5, 5.41) is 12.4. The number of fused-ring (bicyclic) bond motifs is 2. The van der Waals surface area contributed by atoms with Crippen LogP contribution in [0.15, 0.2) is 124 Å². The van der Waals surface area contributed by atoms with E-state index in [1.54, 1.807) is 24.3 Å². The van der Waals surface area contributed by atoms with E-state index in [1.165, 1.54) is 18.2 Å². The van der Waals surface area contributed by atoms with Gasteiger partial charge in [0.25, 0.3) is 5.76 Å². The summed E-state index contributed by atoms with van der Waals surface area (Å²) < 4.78 is 54.3. The van der Waals surface area contributed by atoms with Gasteiger partial charge in [0.05, 0.1) is 10.9 Å². The maximum Gasteiger partial charge on any atom is 0.453 e. The van der Waals surface area contributed by atoms with Crippen LogP contribution >= 0.6 is 0 Å². The number of nitrogens with zero attached hydrogens (tertiary/aromatic N) is 1. The van der Waals surface area contributed by atoms with Crippen molar-refractivity contribution in [1.29, 1.82) is 0 Å². The molecule has 0 atom stereocenters. The van der Waals surface area contributed by atoms with Crippen LogP contribution < -0.4 is 10.2 Å². The largest absolute Gasteiger partial charge is 0.507 e. The number of rotatable bonds is 8. The molecule has 1 N–H and O–H groups in total. The van der Waals surface area contributed by atoms with E-state index in [1.807, 2.05) is 77.7 Å². The first-order chi connectivity index (χ1) is 20.8. The predicted octanol–water partition coefficient (Wildman–Crippen LogP) is 8.67. The van der Waals surface area contributed by atoms with Crippen molar-refractivity contribution >= 4 is 21.7 Å². The smallest absolute Gasteiger partial charge is 0.453 e. The van der Waals surface area contributed by atoms with Crippen LogP contribution in [0.25, 0.3) is 21.7 Å². The SMILES string of the molecule is O=c1c(Oc2ccc3ccccc3c2)c(C(F)(F)F)oc2c(CN(Cc3ccccc3)Cc3ccccc3)c(O)ccc12. The fraction of sp³-hybridized carbons (Fsp3) is 0.114. The highest BCUT2D eigenvalue weighted by Gasteiger charge is 2.41. The van der Waals surface area contributed by atoms with Crippen molar-refractivity contribution in [2.24, 2.45) is 0 Å². The van der Waals surface area contributed by atoms with Crippen LogP contribution in [0.4, 0.5) is 13.2 Å². The molecule has 0 radical (unpaired) electrons. The highest BCUT2D eigenvalue weighted by Crippen LogP contribution is 2.40. The van der Waals surface area contributed by atoms with Crippen LogP contribution in [-0.4, -0.2) is 10.0 Å². The number of phenolic OH excluding ortho intramolecular Hbond substituents is 1. The zero-order chi connectivity index (χ0) is 30.0. The van der Waals surface area contributed by atoms with E-state index in [4.69, 9.17) is 9.15 Å². The second-order valence-electron chi connectivity index (χ2n) is 10.3. The lowest BCUT2D eigenvalue weighted by molar-refractivity contribution is -0.154. The molecule has 0 bridgehead atoms. The first kappa shape index (κ1) is 28.1. The van der Waals surface area contributed by atoms with Crippen molar-refractivity contribution in [1.82, 2.24) is 4.90 Å². The maximum atomic E-state index is 14.4. The molecule has 0 saturated carbocycles. The van der Waals surface area contributed by atoms with Gasteiger partial charge in [-0.1, -0.05) is 91.0 Å². The Morgan fingerprint density at radius 1 is 0.721 bits per heavy atom. The van der Waals surface area contributed by atoms with E-state index in [9.17, 15) is 23.1 Å². The molecule has 6 rings (SSSR count). The van der Waals surface area contributed by atoms with Crippen LogP contribution in [0.1, 0.15) is 22.5 Å². The third kappa shape index (κ3) is 6.10. The van der Waals surface area contributed by atoms with Crippen LogP contribution in [0.3, 0.4) is 0 Å². The van der Waals surface area contributed by atoms with E-state index in [0.717, 1.165) is 21.9 Å². The molecule has 0 aliphatic carbocycles. The summed E-state index contributed by atoms with van der Waals surface area (Å²) >= 11 is 0. The molecule has 0 fully saturated rings. The summed E-state index contributed by atoms with van der Waals surface area (Å²) in [5.74, 6) is -2.75. The molecule has 5 nitrogen and oxygen atoms in total. The Morgan fingerprint density at radius 2 is 1.33 bits per heavy atom. The van der Waals surface area contributed by atoms with Gasteiger partial charge in [-0.15, -0.1) is 0 Å². The van der Waals surface area contributed by atoms with E-state index in [0.29, 0.717) is 13.1 Å². The van der Waals surface area contributed by atoms with Crippen LogP contribution in [0.5, 0.6) is 17.2 Å². The van der Waals surface area contributed by atoms with Crippen molar-refractivity contribution in [2.75, 3.05) is 0 Å². The van der Waals surface area contributed by atoms with Crippen LogP contribution in [0, 0.1) is 0 Å². The van der Waals surface area contributed by atoms with Gasteiger partial charge in [-0.2, -0.15) is 13.2 Å². The van der Waals surface area contributed by atoms with Gasteiger partial charge in [0.1, 0.15) is 17.1 Å². The van der Waals surface area contributed by atoms with E-state index in [-0.39, 0.29) is 34.6 Å². The van der Waals surface area contributed by atoms with Gasteiger partial charge in [0.15, 0.2) is 0 Å². The van der Waals surface area contributed by atoms with E-state index in [2.05, 4.69) is 0 Å². The van der Waals surface area contributed by atoms with Crippen molar-refractivity contribution in [3.05, 3.63) is 148 Å². The highest BCUT2D eigenvalue weighted by atomic mass is 19.4. The molecule has 8 heteroatoms. The van der Waals surface area contributed by atoms with Gasteiger partial charge in [-0.05, 0) is 46.2 Å². The fourth-order valence-electron chi connectivity index (χ4n) is 5.14. The Labute approximate surface area is 245 Å². The Balaban J connectivity index is 1.44. The second-order valence-corrected chi connectivity index (χ2v) is 10.3. The summed E-state index contributed by atoms with van der Waals surface area (Å²) in [6, 6.07) is 33.8. The van der Waals surface area contributed by atoms with Gasteiger partial charge in [-0.25, -0.2) is 0 Å². The average Bonchev–Trinajstić information content (AvgIpc) is 3.00. The molecule has 216 valence electrons. The van der Waals surface area contributed by atoms with Crippen LogP contribution in [0.2, 0.25) is 0 Å². The van der Waals surface area contributed by atoms with E-state index < -0.39 is 23.1 Å². The third-order valence-corrected chi connectivity index (χ3v) is 7.18. The number of hydrogen-bond donors (Lipinski definition) is 1.